The SMILES string of the molecule is [CH2-]OCC(O)CO.[Rf]. The maximum Gasteiger partial charge on any atom is 0.0973 e. The van der Waals surface area contributed by atoms with Gasteiger partial charge in [-0.15, -0.1) is 0 Å². The van der Waals surface area contributed by atoms with E-state index in [0.717, 1.165) is 0 Å². The molecular weight excluding hydrogens is 363 g/mol. The van der Waals surface area contributed by atoms with Gasteiger partial charge in [-0.25, -0.2) is 7.11 Å². The molecule has 0 spiro atoms. The summed E-state index contributed by atoms with van der Waals surface area (Å²) in [5.74, 6) is 0. The van der Waals surface area contributed by atoms with Crippen molar-refractivity contribution in [2.75, 3.05) is 13.2 Å². The predicted octanol–water partition coefficient (Wildman–Crippen LogP) is -0.852. The summed E-state index contributed by atoms with van der Waals surface area (Å²) in [5, 5.41) is 16.6. The summed E-state index contributed by atoms with van der Waals surface area (Å²) in [6, 6.07) is 0. The first kappa shape index (κ1) is 9.99. The van der Waals surface area contributed by atoms with Gasteiger partial charge in [-0.2, -0.15) is 0 Å². The Labute approximate surface area is 42.5 Å². The van der Waals surface area contributed by atoms with Crippen LogP contribution in [0.15, 0.2) is 0 Å². The fourth-order valence-corrected chi connectivity index (χ4v) is 0.189. The molecule has 0 aliphatic carbocycles. The molecule has 3 nitrogen and oxygen atoms in total. The van der Waals surface area contributed by atoms with Gasteiger partial charge in [0.25, 0.3) is 0 Å². The zero-order valence-corrected chi connectivity index (χ0v) is 11.1. The molecule has 0 aromatic heterocycles. The van der Waals surface area contributed by atoms with Gasteiger partial charge in [-0.1, -0.05) is 0 Å². The third-order valence-electron chi connectivity index (χ3n) is 0.521. The molecule has 0 aliphatic heterocycles. The molecule has 0 saturated carbocycles. The van der Waals surface area contributed by atoms with Crippen LogP contribution in [0, 0.1) is 7.11 Å². The van der Waals surface area contributed by atoms with Crippen LogP contribution in [0.3, 0.4) is 0 Å². The van der Waals surface area contributed by atoms with Gasteiger partial charge in [0.2, 0.25) is 0 Å². The molecule has 0 saturated heterocycles. The van der Waals surface area contributed by atoms with E-state index in [-0.39, 0.29) is 13.2 Å². The summed E-state index contributed by atoms with van der Waals surface area (Å²) in [5.41, 5.74) is 0. The van der Waals surface area contributed by atoms with Crippen molar-refractivity contribution < 1.29 is 14.9 Å². The summed E-state index contributed by atoms with van der Waals surface area (Å²) >= 11 is 0. The zero-order valence-electron chi connectivity index (χ0n) is 4.71. The van der Waals surface area contributed by atoms with Crippen molar-refractivity contribution in [1.29, 1.82) is 0 Å². The number of hydrogen-bond donors (Lipinski definition) is 2. The molecule has 1 atom stereocenters. The van der Waals surface area contributed by atoms with E-state index in [1.807, 2.05) is 0 Å². The first-order chi connectivity index (χ1) is 3.31. The first-order valence-electron chi connectivity index (χ1n) is 1.97. The Morgan fingerprint density at radius 2 is 2.12 bits per heavy atom. The molecule has 2 N–H and O–H groups in total. The molecule has 0 aromatic rings. The number of ether oxygens (including phenoxy) is 1. The van der Waals surface area contributed by atoms with E-state index in [1.54, 1.807) is 0 Å². The van der Waals surface area contributed by atoms with E-state index < -0.39 is 6.10 Å². The molecule has 0 aromatic carbocycles. The van der Waals surface area contributed by atoms with Crippen LogP contribution in [0.25, 0.3) is 0 Å². The zero-order chi connectivity index (χ0) is 5.70. The Balaban J connectivity index is 0. The van der Waals surface area contributed by atoms with Gasteiger partial charge in [0, 0.05) is 6.61 Å². The summed E-state index contributed by atoms with van der Waals surface area (Å²) in [4.78, 5) is 0. The van der Waals surface area contributed by atoms with Gasteiger partial charge in [0.15, 0.2) is 0 Å². The molecular formula is C4H9O3Rf-. The van der Waals surface area contributed by atoms with Crippen molar-refractivity contribution >= 4 is 0 Å². The van der Waals surface area contributed by atoms with Gasteiger partial charge in [0.05, 0.1) is 12.7 Å². The Morgan fingerprint density at radius 3 is 2.25 bits per heavy atom. The molecule has 4 heteroatoms. The van der Waals surface area contributed by atoms with Crippen LogP contribution >= 0.6 is 0 Å². The molecule has 0 rings (SSSR count). The van der Waals surface area contributed by atoms with Gasteiger partial charge in [-0.3, -0.25) is 0 Å². The number of aliphatic hydroxyl groups is 2. The molecule has 0 heterocycles. The Bertz CT molecular complexity index is 42.3. The molecule has 0 aliphatic rings. The minimum absolute atomic E-state index is 0. The van der Waals surface area contributed by atoms with Gasteiger partial charge in [0.1, 0.15) is 0 Å². The summed E-state index contributed by atoms with van der Waals surface area (Å²) in [6.07, 6.45) is -0.780. The fourth-order valence-electron chi connectivity index (χ4n) is 0.189. The molecule has 8 heavy (non-hydrogen) atoms. The van der Waals surface area contributed by atoms with Crippen molar-refractivity contribution in [3.05, 3.63) is 7.11 Å². The van der Waals surface area contributed by atoms with Gasteiger partial charge in [-0.05, 0) is 0 Å². The average Bonchev–Trinajstić information content (AvgIpc) is 1.68. The van der Waals surface area contributed by atoms with E-state index in [2.05, 4.69) is 11.8 Å². The van der Waals surface area contributed by atoms with Gasteiger partial charge < -0.3 is 14.9 Å². The number of rotatable bonds is 3. The topological polar surface area (TPSA) is 49.7 Å². The standard InChI is InChI=1S/C4H9O3.Rf/c1-7-3-4(6)2-5;/h4-6H,1-3H2;/q-1;. The van der Waals surface area contributed by atoms with E-state index in [0.29, 0.717) is 0 Å². The molecule has 0 fully saturated rings. The van der Waals surface area contributed by atoms with Crippen molar-refractivity contribution in [1.82, 2.24) is 0 Å². The monoisotopic (exact) mass is 372 g/mol. The molecule has 0 radical (unpaired) electrons. The fraction of sp³-hybridized carbons (Fsp3) is 0.750. The predicted molar refractivity (Wildman–Crippen MR) is 24.4 cm³/mol. The van der Waals surface area contributed by atoms with Crippen molar-refractivity contribution in [3.63, 3.8) is 0 Å². The van der Waals surface area contributed by atoms with Crippen LogP contribution in [0.1, 0.15) is 0 Å². The maximum atomic E-state index is 8.44. The smallest absolute Gasteiger partial charge is 0.0973 e. The second kappa shape index (κ2) is 5.88. The van der Waals surface area contributed by atoms with Crippen LogP contribution in [0.4, 0.5) is 0 Å². The summed E-state index contributed by atoms with van der Waals surface area (Å²) < 4.78 is 4.23. The largest absolute Gasteiger partial charge is 0.553 e. The van der Waals surface area contributed by atoms with Crippen LogP contribution in [0.5, 0.6) is 0 Å². The normalized spacial score (nSPS) is 12.4. The minimum Gasteiger partial charge on any atom is -0.553 e. The van der Waals surface area contributed by atoms with Crippen LogP contribution < -0.4 is 0 Å². The Hall–Kier alpha value is -1.12. The van der Waals surface area contributed by atoms with Crippen LogP contribution in [-0.2, 0) is 4.74 Å². The van der Waals surface area contributed by atoms with E-state index >= 15 is 0 Å². The number of hydrogen-bond acceptors (Lipinski definition) is 3. The Kier molecular flexibility index (Phi) is 7.34. The second-order valence-corrected chi connectivity index (χ2v) is 1.21. The van der Waals surface area contributed by atoms with Crippen molar-refractivity contribution in [2.45, 2.75) is 6.10 Å². The number of aliphatic hydroxyl groups excluding tert-OH is 2. The molecule has 46 valence electrons. The molecule has 1 unspecified atom stereocenters. The Morgan fingerprint density at radius 1 is 1.62 bits per heavy atom. The van der Waals surface area contributed by atoms with Crippen molar-refractivity contribution in [3.8, 4) is 0 Å². The third-order valence-corrected chi connectivity index (χ3v) is 0.521. The second-order valence-electron chi connectivity index (χ2n) is 1.21. The van der Waals surface area contributed by atoms with E-state index in [9.17, 15) is 0 Å². The summed E-state index contributed by atoms with van der Waals surface area (Å²) in [6.45, 7) is -0.175. The maximum absolute atomic E-state index is 8.44. The summed E-state index contributed by atoms with van der Waals surface area (Å²) in [7, 11) is 3.00. The quantitative estimate of drug-likeness (QED) is 0.635. The molecule has 0 bridgehead atoms. The van der Waals surface area contributed by atoms with E-state index in [4.69, 9.17) is 10.2 Å². The average molecular weight is 372 g/mol. The first-order valence-corrected chi connectivity index (χ1v) is 1.97. The molecule has 0 amide bonds. The van der Waals surface area contributed by atoms with Crippen LogP contribution in [-0.4, -0.2) is 29.5 Å². The van der Waals surface area contributed by atoms with Crippen molar-refractivity contribution in [2.24, 2.45) is 0 Å². The van der Waals surface area contributed by atoms with Crippen LogP contribution in [0.2, 0.25) is 0 Å². The third kappa shape index (κ3) is 4.88. The van der Waals surface area contributed by atoms with Gasteiger partial charge >= 0.3 is 0 Å². The minimum atomic E-state index is -0.780. The van der Waals surface area contributed by atoms with E-state index in [1.165, 1.54) is 0 Å².